The first-order valence-electron chi connectivity index (χ1n) is 6.83. The van der Waals surface area contributed by atoms with Crippen molar-refractivity contribution in [1.29, 1.82) is 0 Å². The van der Waals surface area contributed by atoms with E-state index in [4.69, 9.17) is 0 Å². The van der Waals surface area contributed by atoms with Crippen LogP contribution in [-0.4, -0.2) is 50.4 Å². The first-order valence-corrected chi connectivity index (χ1v) is 6.83. The maximum Gasteiger partial charge on any atom is 0.211 e. The smallest absolute Gasteiger partial charge is 0.211 e. The van der Waals surface area contributed by atoms with Crippen molar-refractivity contribution in [3.05, 3.63) is 36.1 Å². The summed E-state index contributed by atoms with van der Waals surface area (Å²) in [7, 11) is 3.93. The van der Waals surface area contributed by atoms with Gasteiger partial charge in [0.2, 0.25) is 6.41 Å². The molecule has 2 rings (SSSR count). The molecule has 2 N–H and O–H groups in total. The van der Waals surface area contributed by atoms with Crippen LogP contribution in [0.15, 0.2) is 41.1 Å². The quantitative estimate of drug-likeness (QED) is 0.700. The first kappa shape index (κ1) is 14.5. The SMILES string of the molecule is C=C(NC=O)C(NC)C1C=CC(C2CN=CN2C)=CC1. The summed E-state index contributed by atoms with van der Waals surface area (Å²) in [5.74, 6) is 0.302. The Bertz CT molecular complexity index is 466. The fourth-order valence-electron chi connectivity index (χ4n) is 2.79. The van der Waals surface area contributed by atoms with Crippen LogP contribution in [0.1, 0.15) is 6.42 Å². The second-order valence-electron chi connectivity index (χ2n) is 5.18. The Hall–Kier alpha value is -1.88. The maximum atomic E-state index is 10.5. The summed E-state index contributed by atoms with van der Waals surface area (Å²) >= 11 is 0. The minimum Gasteiger partial charge on any atom is -0.357 e. The van der Waals surface area contributed by atoms with Gasteiger partial charge in [0.05, 0.1) is 25.0 Å². The largest absolute Gasteiger partial charge is 0.357 e. The highest BCUT2D eigenvalue weighted by Crippen LogP contribution is 2.25. The van der Waals surface area contributed by atoms with Gasteiger partial charge in [-0.25, -0.2) is 0 Å². The molecule has 0 fully saturated rings. The average Bonchev–Trinajstić information content (AvgIpc) is 2.87. The van der Waals surface area contributed by atoms with Crippen LogP contribution in [0.3, 0.4) is 0 Å². The maximum absolute atomic E-state index is 10.5. The number of nitrogens with one attached hydrogen (secondary N) is 2. The van der Waals surface area contributed by atoms with E-state index in [1.807, 2.05) is 20.4 Å². The molecule has 0 bridgehead atoms. The predicted octanol–water partition coefficient (Wildman–Crippen LogP) is 0.679. The summed E-state index contributed by atoms with van der Waals surface area (Å²) in [5, 5.41) is 5.86. The van der Waals surface area contributed by atoms with Gasteiger partial charge in [0.15, 0.2) is 0 Å². The first-order chi connectivity index (χ1) is 9.67. The Morgan fingerprint density at radius 2 is 2.45 bits per heavy atom. The number of amides is 1. The lowest BCUT2D eigenvalue weighted by Gasteiger charge is -2.29. The monoisotopic (exact) mass is 274 g/mol. The zero-order chi connectivity index (χ0) is 14.5. The molecule has 3 unspecified atom stereocenters. The van der Waals surface area contributed by atoms with E-state index in [0.29, 0.717) is 24.1 Å². The van der Waals surface area contributed by atoms with E-state index in [1.165, 1.54) is 5.57 Å². The van der Waals surface area contributed by atoms with Crippen LogP contribution in [0.5, 0.6) is 0 Å². The summed E-state index contributed by atoms with van der Waals surface area (Å²) < 4.78 is 0. The van der Waals surface area contributed by atoms with Crippen LogP contribution < -0.4 is 10.6 Å². The number of likely N-dealkylation sites (N-methyl/N-ethyl adjacent to an activating group) is 2. The van der Waals surface area contributed by atoms with Crippen molar-refractivity contribution < 1.29 is 4.79 Å². The lowest BCUT2D eigenvalue weighted by molar-refractivity contribution is -0.109. The highest BCUT2D eigenvalue weighted by atomic mass is 16.1. The molecule has 2 aliphatic rings. The normalized spacial score (nSPS) is 26.3. The molecule has 0 aromatic carbocycles. The van der Waals surface area contributed by atoms with E-state index < -0.39 is 0 Å². The van der Waals surface area contributed by atoms with Crippen molar-refractivity contribution >= 4 is 12.7 Å². The van der Waals surface area contributed by atoms with E-state index in [9.17, 15) is 4.79 Å². The molecule has 0 aromatic heterocycles. The summed E-state index contributed by atoms with van der Waals surface area (Å²) in [6, 6.07) is 0.406. The second-order valence-corrected chi connectivity index (χ2v) is 5.18. The van der Waals surface area contributed by atoms with Crippen molar-refractivity contribution in [3.8, 4) is 0 Å². The molecule has 5 nitrogen and oxygen atoms in total. The minimum absolute atomic E-state index is 0.0480. The molecule has 20 heavy (non-hydrogen) atoms. The molecule has 5 heteroatoms. The molecule has 3 atom stereocenters. The Morgan fingerprint density at radius 3 is 2.95 bits per heavy atom. The number of nitrogens with zero attached hydrogens (tertiary/aromatic N) is 2. The second kappa shape index (κ2) is 6.52. The van der Waals surface area contributed by atoms with Crippen LogP contribution in [-0.2, 0) is 4.79 Å². The third kappa shape index (κ3) is 2.99. The van der Waals surface area contributed by atoms with Crippen LogP contribution >= 0.6 is 0 Å². The molecule has 0 aromatic rings. The van der Waals surface area contributed by atoms with E-state index in [-0.39, 0.29) is 6.04 Å². The van der Waals surface area contributed by atoms with E-state index in [1.54, 1.807) is 0 Å². The van der Waals surface area contributed by atoms with Crippen molar-refractivity contribution in [2.45, 2.75) is 18.5 Å². The predicted molar refractivity (Wildman–Crippen MR) is 81.4 cm³/mol. The van der Waals surface area contributed by atoms with Gasteiger partial charge in [-0.3, -0.25) is 9.79 Å². The molecule has 0 radical (unpaired) electrons. The molecule has 108 valence electrons. The van der Waals surface area contributed by atoms with Gasteiger partial charge in [0.25, 0.3) is 0 Å². The fraction of sp³-hybridized carbons (Fsp3) is 0.467. The molecule has 0 spiro atoms. The molecule has 1 heterocycles. The number of allylic oxidation sites excluding steroid dienone is 1. The Balaban J connectivity index is 1.99. The average molecular weight is 274 g/mol. The topological polar surface area (TPSA) is 56.7 Å². The van der Waals surface area contributed by atoms with E-state index in [0.717, 1.165) is 13.0 Å². The number of rotatable bonds is 6. The minimum atomic E-state index is 0.0480. The van der Waals surface area contributed by atoms with Crippen molar-refractivity contribution in [2.75, 3.05) is 20.6 Å². The zero-order valence-corrected chi connectivity index (χ0v) is 12.0. The summed E-state index contributed by atoms with van der Waals surface area (Å²) in [5.41, 5.74) is 2.01. The Kier molecular flexibility index (Phi) is 4.74. The molecule has 1 aliphatic heterocycles. The van der Waals surface area contributed by atoms with Gasteiger partial charge in [0.1, 0.15) is 0 Å². The molecular formula is C15H22N4O. The van der Waals surface area contributed by atoms with Crippen molar-refractivity contribution in [2.24, 2.45) is 10.9 Å². The van der Waals surface area contributed by atoms with Gasteiger partial charge in [-0.2, -0.15) is 0 Å². The van der Waals surface area contributed by atoms with Gasteiger partial charge >= 0.3 is 0 Å². The number of carbonyl (C=O) groups excluding carboxylic acids is 1. The van der Waals surface area contributed by atoms with Crippen LogP contribution in [0.2, 0.25) is 0 Å². The van der Waals surface area contributed by atoms with Crippen LogP contribution in [0.4, 0.5) is 0 Å². The highest BCUT2D eigenvalue weighted by Gasteiger charge is 2.25. The standard InChI is InChI=1S/C15H22N4O/c1-11(18-10-20)15(16-2)13-6-4-12(5-7-13)14-8-17-9-19(14)3/h4-6,9-10,13-16H,1,7-8H2,2-3H3,(H,18,20). The van der Waals surface area contributed by atoms with Gasteiger partial charge in [-0.15, -0.1) is 0 Å². The number of aliphatic imine (C=N–C) groups is 1. The Labute approximate surface area is 120 Å². The van der Waals surface area contributed by atoms with Gasteiger partial charge < -0.3 is 15.5 Å². The molecule has 0 saturated carbocycles. The van der Waals surface area contributed by atoms with E-state index >= 15 is 0 Å². The molecular weight excluding hydrogens is 252 g/mol. The molecule has 1 aliphatic carbocycles. The van der Waals surface area contributed by atoms with Gasteiger partial charge in [-0.05, 0) is 19.0 Å². The molecule has 1 amide bonds. The Morgan fingerprint density at radius 1 is 1.65 bits per heavy atom. The summed E-state index contributed by atoms with van der Waals surface area (Å²) in [4.78, 5) is 17.0. The lowest BCUT2D eigenvalue weighted by Crippen LogP contribution is -2.39. The van der Waals surface area contributed by atoms with Crippen molar-refractivity contribution in [3.63, 3.8) is 0 Å². The number of hydrogen-bond acceptors (Lipinski definition) is 4. The van der Waals surface area contributed by atoms with Crippen molar-refractivity contribution in [1.82, 2.24) is 15.5 Å². The summed E-state index contributed by atoms with van der Waals surface area (Å²) in [6.45, 7) is 4.74. The van der Waals surface area contributed by atoms with E-state index in [2.05, 4.69) is 45.3 Å². The number of hydrogen-bond donors (Lipinski definition) is 2. The van der Waals surface area contributed by atoms with Crippen LogP contribution in [0.25, 0.3) is 0 Å². The third-order valence-corrected chi connectivity index (χ3v) is 3.94. The zero-order valence-electron chi connectivity index (χ0n) is 12.0. The van der Waals surface area contributed by atoms with Gasteiger partial charge in [0, 0.05) is 18.7 Å². The lowest BCUT2D eigenvalue weighted by atomic mass is 9.87. The van der Waals surface area contributed by atoms with Crippen LogP contribution in [0, 0.1) is 5.92 Å². The fourth-order valence-corrected chi connectivity index (χ4v) is 2.79. The molecule has 0 saturated heterocycles. The van der Waals surface area contributed by atoms with Gasteiger partial charge in [-0.1, -0.05) is 24.8 Å². The number of carbonyl (C=O) groups is 1. The third-order valence-electron chi connectivity index (χ3n) is 3.94. The summed E-state index contributed by atoms with van der Waals surface area (Å²) in [6.07, 6.45) is 10.1. The highest BCUT2D eigenvalue weighted by molar-refractivity contribution is 5.59.